The van der Waals surface area contributed by atoms with Crippen molar-refractivity contribution < 1.29 is 37.4 Å². The first-order valence-corrected chi connectivity index (χ1v) is 9.38. The Morgan fingerprint density at radius 1 is 0.938 bits per heavy atom. The first-order chi connectivity index (χ1) is 15.1. The number of amides is 3. The van der Waals surface area contributed by atoms with Crippen molar-refractivity contribution in [3.8, 4) is 11.5 Å². The number of carbonyl (C=O) groups is 3. The molecule has 0 aromatic heterocycles. The molecule has 0 aliphatic heterocycles. The molecule has 0 bridgehead atoms. The molecular formula is C21H23F2N3O6. The van der Waals surface area contributed by atoms with Crippen LogP contribution in [0.2, 0.25) is 0 Å². The van der Waals surface area contributed by atoms with Crippen LogP contribution in [-0.2, 0) is 4.74 Å². The number of alkyl halides is 2. The molecule has 0 aliphatic rings. The third-order valence-corrected chi connectivity index (χ3v) is 4.00. The van der Waals surface area contributed by atoms with Gasteiger partial charge in [-0.2, -0.15) is 8.78 Å². The number of carbonyl (C=O) groups excluding carboxylic acids is 3. The van der Waals surface area contributed by atoms with Crippen LogP contribution in [0.3, 0.4) is 0 Å². The number of hydrogen-bond donors (Lipinski definition) is 3. The lowest BCUT2D eigenvalue weighted by molar-refractivity contribution is -0.0511. The molecule has 2 aromatic carbocycles. The van der Waals surface area contributed by atoms with Gasteiger partial charge in [0.15, 0.2) is 11.5 Å². The predicted molar refractivity (Wildman–Crippen MR) is 113 cm³/mol. The maximum atomic E-state index is 12.7. The summed E-state index contributed by atoms with van der Waals surface area (Å²) in [4.78, 5) is 36.5. The Morgan fingerprint density at radius 3 is 2.12 bits per heavy atom. The van der Waals surface area contributed by atoms with E-state index in [2.05, 4.69) is 25.4 Å². The Kier molecular flexibility index (Phi) is 8.33. The summed E-state index contributed by atoms with van der Waals surface area (Å²) in [5.74, 6) is -1.97. The van der Waals surface area contributed by atoms with Gasteiger partial charge >= 0.3 is 18.6 Å². The highest BCUT2D eigenvalue weighted by Crippen LogP contribution is 2.35. The van der Waals surface area contributed by atoms with Gasteiger partial charge in [-0.15, -0.1) is 0 Å². The van der Waals surface area contributed by atoms with E-state index in [1.165, 1.54) is 31.4 Å². The highest BCUT2D eigenvalue weighted by molar-refractivity contribution is 6.08. The number of nitrogens with one attached hydrogen (secondary N) is 3. The zero-order chi connectivity index (χ0) is 23.8. The first-order valence-electron chi connectivity index (χ1n) is 9.38. The molecule has 0 saturated carbocycles. The highest BCUT2D eigenvalue weighted by atomic mass is 19.3. The molecule has 0 aliphatic carbocycles. The number of esters is 1. The van der Waals surface area contributed by atoms with Gasteiger partial charge in [0, 0.05) is 29.4 Å². The van der Waals surface area contributed by atoms with Crippen LogP contribution in [0, 0.1) is 0 Å². The summed E-state index contributed by atoms with van der Waals surface area (Å²) < 4.78 is 39.5. The molecule has 32 heavy (non-hydrogen) atoms. The van der Waals surface area contributed by atoms with E-state index in [0.717, 1.165) is 19.2 Å². The van der Waals surface area contributed by atoms with Crippen LogP contribution in [-0.4, -0.2) is 44.8 Å². The number of rotatable bonds is 8. The van der Waals surface area contributed by atoms with Gasteiger partial charge in [-0.05, 0) is 38.1 Å². The quantitative estimate of drug-likeness (QED) is 0.525. The summed E-state index contributed by atoms with van der Waals surface area (Å²) in [6, 6.07) is 7.62. The van der Waals surface area contributed by atoms with Gasteiger partial charge in [0.25, 0.3) is 5.91 Å². The Labute approximate surface area is 183 Å². The van der Waals surface area contributed by atoms with Gasteiger partial charge in [-0.1, -0.05) is 0 Å². The van der Waals surface area contributed by atoms with Gasteiger partial charge in [-0.3, -0.25) is 4.79 Å². The minimum atomic E-state index is -3.15. The van der Waals surface area contributed by atoms with Gasteiger partial charge in [0.1, 0.15) is 0 Å². The number of urea groups is 1. The summed E-state index contributed by atoms with van der Waals surface area (Å²) in [5, 5.41) is 7.75. The second-order valence-corrected chi connectivity index (χ2v) is 6.70. The standard InChI is InChI=1S/C21H23F2N3O6/c1-11(2)24-21(29)25-13-7-5-12(6-8-13)18(27)26-15-10-17(32-20(22)23)16(30-3)9-14(15)19(28)31-4/h5-11,20H,1-4H3,(H,26,27)(H2,24,25,29). The molecule has 11 heteroatoms. The average Bonchev–Trinajstić information content (AvgIpc) is 2.72. The van der Waals surface area contributed by atoms with Gasteiger partial charge in [0.2, 0.25) is 0 Å². The SMILES string of the molecule is COC(=O)c1cc(OC)c(OC(F)F)cc1NC(=O)c1ccc(NC(=O)NC(C)C)cc1. The molecule has 0 heterocycles. The molecule has 172 valence electrons. The van der Waals surface area contributed by atoms with E-state index in [9.17, 15) is 23.2 Å². The number of hydrogen-bond acceptors (Lipinski definition) is 6. The minimum absolute atomic E-state index is 0.0486. The molecule has 0 radical (unpaired) electrons. The van der Waals surface area contributed by atoms with Gasteiger partial charge < -0.3 is 30.2 Å². The van der Waals surface area contributed by atoms with E-state index in [1.807, 2.05) is 13.8 Å². The van der Waals surface area contributed by atoms with Crippen molar-refractivity contribution in [1.82, 2.24) is 5.32 Å². The molecule has 3 amide bonds. The molecule has 2 aromatic rings. The van der Waals surface area contributed by atoms with Gasteiger partial charge in [-0.25, -0.2) is 9.59 Å². The molecule has 3 N–H and O–H groups in total. The van der Waals surface area contributed by atoms with Crippen molar-refractivity contribution in [2.45, 2.75) is 26.5 Å². The number of benzene rings is 2. The van der Waals surface area contributed by atoms with Crippen molar-refractivity contribution in [1.29, 1.82) is 0 Å². The van der Waals surface area contributed by atoms with Crippen LogP contribution in [0.1, 0.15) is 34.6 Å². The van der Waals surface area contributed by atoms with Crippen molar-refractivity contribution in [3.05, 3.63) is 47.5 Å². The minimum Gasteiger partial charge on any atom is -0.493 e. The molecule has 0 atom stereocenters. The smallest absolute Gasteiger partial charge is 0.387 e. The Balaban J connectivity index is 2.27. The van der Waals surface area contributed by atoms with E-state index in [4.69, 9.17) is 4.74 Å². The van der Waals surface area contributed by atoms with Crippen LogP contribution in [0.15, 0.2) is 36.4 Å². The predicted octanol–water partition coefficient (Wildman–Crippen LogP) is 3.87. The Hall–Kier alpha value is -3.89. The number of halogens is 2. The fourth-order valence-corrected chi connectivity index (χ4v) is 2.62. The van der Waals surface area contributed by atoms with Crippen molar-refractivity contribution in [3.63, 3.8) is 0 Å². The largest absolute Gasteiger partial charge is 0.493 e. The zero-order valence-corrected chi connectivity index (χ0v) is 17.8. The van der Waals surface area contributed by atoms with E-state index in [-0.39, 0.29) is 34.4 Å². The Bertz CT molecular complexity index is 980. The van der Waals surface area contributed by atoms with Crippen molar-refractivity contribution >= 4 is 29.3 Å². The monoisotopic (exact) mass is 451 g/mol. The highest BCUT2D eigenvalue weighted by Gasteiger charge is 2.21. The lowest BCUT2D eigenvalue weighted by Gasteiger charge is -2.16. The second-order valence-electron chi connectivity index (χ2n) is 6.70. The lowest BCUT2D eigenvalue weighted by atomic mass is 10.1. The van der Waals surface area contributed by atoms with Crippen molar-refractivity contribution in [2.75, 3.05) is 24.9 Å². The van der Waals surface area contributed by atoms with Crippen LogP contribution in [0.25, 0.3) is 0 Å². The third kappa shape index (κ3) is 6.56. The molecule has 2 rings (SSSR count). The number of ether oxygens (including phenoxy) is 3. The second kappa shape index (κ2) is 10.9. The van der Waals surface area contributed by atoms with E-state index in [1.54, 1.807) is 0 Å². The van der Waals surface area contributed by atoms with Gasteiger partial charge in [0.05, 0.1) is 25.5 Å². The maximum absolute atomic E-state index is 12.7. The topological polar surface area (TPSA) is 115 Å². The average molecular weight is 451 g/mol. The van der Waals surface area contributed by atoms with E-state index in [0.29, 0.717) is 5.69 Å². The molecule has 9 nitrogen and oxygen atoms in total. The van der Waals surface area contributed by atoms with Crippen LogP contribution >= 0.6 is 0 Å². The van der Waals surface area contributed by atoms with Crippen LogP contribution in [0.4, 0.5) is 25.0 Å². The number of methoxy groups -OCH3 is 2. The Morgan fingerprint density at radius 2 is 1.59 bits per heavy atom. The molecule has 0 unspecified atom stereocenters. The van der Waals surface area contributed by atoms with Crippen molar-refractivity contribution in [2.24, 2.45) is 0 Å². The normalized spacial score (nSPS) is 10.5. The summed E-state index contributed by atoms with van der Waals surface area (Å²) in [5.41, 5.74) is 0.398. The first kappa shape index (κ1) is 24.4. The summed E-state index contributed by atoms with van der Waals surface area (Å²) >= 11 is 0. The fraction of sp³-hybridized carbons (Fsp3) is 0.286. The molecular weight excluding hydrogens is 428 g/mol. The zero-order valence-electron chi connectivity index (χ0n) is 17.8. The third-order valence-electron chi connectivity index (χ3n) is 4.00. The lowest BCUT2D eigenvalue weighted by Crippen LogP contribution is -2.34. The summed E-state index contributed by atoms with van der Waals surface area (Å²) in [7, 11) is 2.34. The summed E-state index contributed by atoms with van der Waals surface area (Å²) in [6.45, 7) is 0.475. The van der Waals surface area contributed by atoms with Crippen LogP contribution in [0.5, 0.6) is 11.5 Å². The van der Waals surface area contributed by atoms with Crippen LogP contribution < -0.4 is 25.4 Å². The molecule has 0 saturated heterocycles. The molecule has 0 spiro atoms. The number of anilines is 2. The maximum Gasteiger partial charge on any atom is 0.387 e. The van der Waals surface area contributed by atoms with E-state index >= 15 is 0 Å². The summed E-state index contributed by atoms with van der Waals surface area (Å²) in [6.07, 6.45) is 0. The fourth-order valence-electron chi connectivity index (χ4n) is 2.62. The molecule has 0 fully saturated rings. The van der Waals surface area contributed by atoms with E-state index < -0.39 is 24.5 Å².